The van der Waals surface area contributed by atoms with E-state index < -0.39 is 6.23 Å². The molecule has 0 aromatic heterocycles. The number of ether oxygens (including phenoxy) is 2. The summed E-state index contributed by atoms with van der Waals surface area (Å²) in [6, 6.07) is 19.8. The highest BCUT2D eigenvalue weighted by Crippen LogP contribution is 2.45. The maximum absolute atomic E-state index is 9.74. The number of rotatable bonds is 3. The molecular formula is C21H20N4O2. The highest BCUT2D eigenvalue weighted by Gasteiger charge is 2.48. The minimum Gasteiger partial charge on any atom is -0.497 e. The molecule has 2 aromatic rings. The molecule has 0 fully saturated rings. The van der Waals surface area contributed by atoms with Crippen molar-refractivity contribution in [2.45, 2.75) is 19.1 Å². The maximum atomic E-state index is 9.74. The van der Waals surface area contributed by atoms with Gasteiger partial charge < -0.3 is 15.2 Å². The highest BCUT2D eigenvalue weighted by atomic mass is 16.5. The SMILES string of the molecule is COc1ccc([C@@H]2C(C#N)=C(N)O[C@H]3[C@H]2C(C)=NN3c2ccccc2)cc1. The third-order valence-corrected chi connectivity index (χ3v) is 5.10. The summed E-state index contributed by atoms with van der Waals surface area (Å²) >= 11 is 0. The number of nitriles is 1. The van der Waals surface area contributed by atoms with Gasteiger partial charge in [0.05, 0.1) is 24.3 Å². The predicted molar refractivity (Wildman–Crippen MR) is 103 cm³/mol. The van der Waals surface area contributed by atoms with Crippen molar-refractivity contribution in [3.8, 4) is 11.8 Å². The number of fused-ring (bicyclic) bond motifs is 1. The van der Waals surface area contributed by atoms with E-state index in [0.29, 0.717) is 5.57 Å². The molecule has 6 heteroatoms. The second-order valence-electron chi connectivity index (χ2n) is 6.60. The van der Waals surface area contributed by atoms with Crippen LogP contribution < -0.4 is 15.5 Å². The van der Waals surface area contributed by atoms with Crippen molar-refractivity contribution in [3.63, 3.8) is 0 Å². The first-order chi connectivity index (χ1) is 13.1. The third-order valence-electron chi connectivity index (χ3n) is 5.10. The summed E-state index contributed by atoms with van der Waals surface area (Å²) in [5.74, 6) is 0.587. The lowest BCUT2D eigenvalue weighted by atomic mass is 9.76. The number of hydrogen-bond acceptors (Lipinski definition) is 6. The van der Waals surface area contributed by atoms with Gasteiger partial charge in [-0.25, -0.2) is 5.01 Å². The number of hydrazone groups is 1. The number of allylic oxidation sites excluding steroid dienone is 1. The summed E-state index contributed by atoms with van der Waals surface area (Å²) in [5, 5.41) is 16.3. The molecule has 0 amide bonds. The number of para-hydroxylation sites is 1. The van der Waals surface area contributed by atoms with E-state index in [0.717, 1.165) is 22.7 Å². The van der Waals surface area contributed by atoms with E-state index in [2.05, 4.69) is 6.07 Å². The Bertz CT molecular complexity index is 944. The number of nitrogens with zero attached hydrogens (tertiary/aromatic N) is 3. The molecule has 136 valence electrons. The molecule has 0 bridgehead atoms. The third kappa shape index (κ3) is 2.77. The van der Waals surface area contributed by atoms with Gasteiger partial charge in [-0.15, -0.1) is 0 Å². The summed E-state index contributed by atoms with van der Waals surface area (Å²) in [6.45, 7) is 1.97. The molecule has 2 N–H and O–H groups in total. The minimum atomic E-state index is -0.392. The maximum Gasteiger partial charge on any atom is 0.202 e. The van der Waals surface area contributed by atoms with Crippen LogP contribution in [0.1, 0.15) is 18.4 Å². The number of hydrogen-bond donors (Lipinski definition) is 1. The van der Waals surface area contributed by atoms with Gasteiger partial charge in [-0.1, -0.05) is 30.3 Å². The van der Waals surface area contributed by atoms with Gasteiger partial charge in [0.2, 0.25) is 12.1 Å². The van der Waals surface area contributed by atoms with Crippen molar-refractivity contribution in [1.29, 1.82) is 5.26 Å². The Labute approximate surface area is 158 Å². The lowest BCUT2D eigenvalue weighted by Gasteiger charge is -2.37. The van der Waals surface area contributed by atoms with Gasteiger partial charge in [0.1, 0.15) is 11.8 Å². The number of nitrogens with two attached hydrogens (primary N) is 1. The molecule has 4 rings (SSSR count). The fraction of sp³-hybridized carbons (Fsp3) is 0.238. The van der Waals surface area contributed by atoms with Crippen LogP contribution in [0.15, 0.2) is 71.2 Å². The standard InChI is InChI=1S/C21H20N4O2/c1-13-18-19(14-8-10-16(26-2)11-9-14)17(12-22)20(23)27-21(18)25(24-13)15-6-4-3-5-7-15/h3-11,18-19,21H,23H2,1-2H3/t18-,19+,21-/m0/s1. The molecule has 6 nitrogen and oxygen atoms in total. The van der Waals surface area contributed by atoms with Crippen LogP contribution in [0.25, 0.3) is 0 Å². The molecule has 2 aromatic carbocycles. The van der Waals surface area contributed by atoms with E-state index in [1.54, 1.807) is 7.11 Å². The fourth-order valence-electron chi connectivity index (χ4n) is 3.80. The highest BCUT2D eigenvalue weighted by molar-refractivity contribution is 5.90. The average Bonchev–Trinajstić information content (AvgIpc) is 3.03. The van der Waals surface area contributed by atoms with Gasteiger partial charge in [0.25, 0.3) is 0 Å². The summed E-state index contributed by atoms with van der Waals surface area (Å²) in [7, 11) is 1.63. The topological polar surface area (TPSA) is 83.9 Å². The average molecular weight is 360 g/mol. The normalized spacial score (nSPS) is 24.0. The summed E-state index contributed by atoms with van der Waals surface area (Å²) in [5.41, 5.74) is 9.40. The smallest absolute Gasteiger partial charge is 0.202 e. The van der Waals surface area contributed by atoms with Crippen molar-refractivity contribution in [1.82, 2.24) is 0 Å². The van der Waals surface area contributed by atoms with E-state index >= 15 is 0 Å². The van der Waals surface area contributed by atoms with E-state index in [1.165, 1.54) is 0 Å². The lowest BCUT2D eigenvalue weighted by Crippen LogP contribution is -2.43. The summed E-state index contributed by atoms with van der Waals surface area (Å²) < 4.78 is 11.2. The molecule has 2 aliphatic rings. The van der Waals surface area contributed by atoms with Crippen LogP contribution in [0.4, 0.5) is 5.69 Å². The number of benzene rings is 2. The van der Waals surface area contributed by atoms with Crippen molar-refractivity contribution in [2.75, 3.05) is 12.1 Å². The van der Waals surface area contributed by atoms with Gasteiger partial charge >= 0.3 is 0 Å². The van der Waals surface area contributed by atoms with Crippen LogP contribution >= 0.6 is 0 Å². The second-order valence-corrected chi connectivity index (χ2v) is 6.60. The van der Waals surface area contributed by atoms with Crippen LogP contribution in [0.5, 0.6) is 5.75 Å². The molecule has 0 radical (unpaired) electrons. The molecular weight excluding hydrogens is 340 g/mol. The Morgan fingerprint density at radius 2 is 1.85 bits per heavy atom. The molecule has 3 atom stereocenters. The summed E-state index contributed by atoms with van der Waals surface area (Å²) in [6.07, 6.45) is -0.392. The van der Waals surface area contributed by atoms with Gasteiger partial charge in [0, 0.05) is 11.6 Å². The largest absolute Gasteiger partial charge is 0.497 e. The summed E-state index contributed by atoms with van der Waals surface area (Å²) in [4.78, 5) is 0. The molecule has 27 heavy (non-hydrogen) atoms. The van der Waals surface area contributed by atoms with E-state index in [4.69, 9.17) is 20.3 Å². The van der Waals surface area contributed by atoms with Crippen LogP contribution in [0, 0.1) is 17.2 Å². The Kier molecular flexibility index (Phi) is 4.21. The quantitative estimate of drug-likeness (QED) is 0.907. The molecule has 0 saturated heterocycles. The molecule has 0 unspecified atom stereocenters. The van der Waals surface area contributed by atoms with Crippen LogP contribution in [-0.2, 0) is 4.74 Å². The first-order valence-electron chi connectivity index (χ1n) is 8.73. The first-order valence-corrected chi connectivity index (χ1v) is 8.73. The molecule has 2 aliphatic heterocycles. The van der Waals surface area contributed by atoms with Gasteiger partial charge in [0.15, 0.2) is 0 Å². The van der Waals surface area contributed by atoms with Crippen LogP contribution in [0.3, 0.4) is 0 Å². The lowest BCUT2D eigenvalue weighted by molar-refractivity contribution is 0.0662. The van der Waals surface area contributed by atoms with E-state index in [-0.39, 0.29) is 17.7 Å². The number of methoxy groups -OCH3 is 1. The minimum absolute atomic E-state index is 0.111. The van der Waals surface area contributed by atoms with Gasteiger partial charge in [-0.3, -0.25) is 0 Å². The number of anilines is 1. The Hall–Kier alpha value is -3.46. The second kappa shape index (κ2) is 6.69. The predicted octanol–water partition coefficient (Wildman–Crippen LogP) is 3.34. The first kappa shape index (κ1) is 17.0. The molecule has 0 spiro atoms. The Morgan fingerprint density at radius 1 is 1.15 bits per heavy atom. The van der Waals surface area contributed by atoms with Crippen molar-refractivity contribution < 1.29 is 9.47 Å². The van der Waals surface area contributed by atoms with E-state index in [9.17, 15) is 5.26 Å². The monoisotopic (exact) mass is 360 g/mol. The molecule has 0 saturated carbocycles. The van der Waals surface area contributed by atoms with Gasteiger partial charge in [-0.2, -0.15) is 10.4 Å². The van der Waals surface area contributed by atoms with E-state index in [1.807, 2.05) is 66.5 Å². The van der Waals surface area contributed by atoms with Gasteiger partial charge in [-0.05, 0) is 36.8 Å². The zero-order valence-electron chi connectivity index (χ0n) is 15.2. The zero-order chi connectivity index (χ0) is 19.0. The van der Waals surface area contributed by atoms with Crippen LogP contribution in [0.2, 0.25) is 0 Å². The van der Waals surface area contributed by atoms with Crippen molar-refractivity contribution in [3.05, 3.63) is 71.6 Å². The molecule has 0 aliphatic carbocycles. The van der Waals surface area contributed by atoms with Crippen molar-refractivity contribution in [2.24, 2.45) is 16.8 Å². The molecule has 2 heterocycles. The Balaban J connectivity index is 1.79. The Morgan fingerprint density at radius 3 is 2.48 bits per heavy atom. The zero-order valence-corrected chi connectivity index (χ0v) is 15.2. The fourth-order valence-corrected chi connectivity index (χ4v) is 3.80. The van der Waals surface area contributed by atoms with Crippen LogP contribution in [-0.4, -0.2) is 19.0 Å². The van der Waals surface area contributed by atoms with Crippen molar-refractivity contribution >= 4 is 11.4 Å².